The number of amides is 1. The molecule has 2 saturated heterocycles. The lowest BCUT2D eigenvalue weighted by atomic mass is 9.96. The first kappa shape index (κ1) is 16.7. The number of rotatable bonds is 4. The molecule has 0 spiro atoms. The Kier molecular flexibility index (Phi) is 5.54. The van der Waals surface area contributed by atoms with E-state index in [1.54, 1.807) is 0 Å². The Morgan fingerprint density at radius 2 is 2.22 bits per heavy atom. The number of hydrogen-bond donors (Lipinski definition) is 3. The fourth-order valence-electron chi connectivity index (χ4n) is 3.62. The standard InChI is InChI=1S/C17H25ClN4O/c1-19-10-12-5-4-8-22(11-12)17(23)16-9-15(20-21-16)13-6-2-3-7-14(13)18/h2-3,6-7,12,15-16,19-21H,4-5,8-11H2,1H3. The van der Waals surface area contributed by atoms with Gasteiger partial charge in [-0.25, -0.2) is 10.9 Å². The summed E-state index contributed by atoms with van der Waals surface area (Å²) < 4.78 is 0. The maximum atomic E-state index is 12.8. The molecular weight excluding hydrogens is 312 g/mol. The van der Waals surface area contributed by atoms with E-state index in [4.69, 9.17) is 11.6 Å². The summed E-state index contributed by atoms with van der Waals surface area (Å²) in [4.78, 5) is 14.8. The predicted octanol–water partition coefficient (Wildman–Crippen LogP) is 1.71. The summed E-state index contributed by atoms with van der Waals surface area (Å²) in [5, 5.41) is 3.96. The quantitative estimate of drug-likeness (QED) is 0.783. The Balaban J connectivity index is 1.60. The summed E-state index contributed by atoms with van der Waals surface area (Å²) in [6.45, 7) is 2.70. The molecule has 0 saturated carbocycles. The van der Waals surface area contributed by atoms with Crippen molar-refractivity contribution in [3.63, 3.8) is 0 Å². The summed E-state index contributed by atoms with van der Waals surface area (Å²) in [6, 6.07) is 7.71. The first-order valence-corrected chi connectivity index (χ1v) is 8.75. The minimum Gasteiger partial charge on any atom is -0.341 e. The number of carbonyl (C=O) groups excluding carboxylic acids is 1. The van der Waals surface area contributed by atoms with E-state index in [0.717, 1.165) is 43.1 Å². The predicted molar refractivity (Wildman–Crippen MR) is 92.1 cm³/mol. The van der Waals surface area contributed by atoms with E-state index in [2.05, 4.69) is 16.2 Å². The molecule has 5 nitrogen and oxygen atoms in total. The molecule has 3 N–H and O–H groups in total. The molecule has 0 aliphatic carbocycles. The van der Waals surface area contributed by atoms with Crippen LogP contribution in [0.1, 0.15) is 30.9 Å². The van der Waals surface area contributed by atoms with Crippen LogP contribution in [0.5, 0.6) is 0 Å². The molecule has 6 heteroatoms. The van der Waals surface area contributed by atoms with Gasteiger partial charge in [0, 0.05) is 24.2 Å². The first-order chi connectivity index (χ1) is 11.2. The molecule has 2 aliphatic rings. The van der Waals surface area contributed by atoms with Crippen LogP contribution in [0.2, 0.25) is 5.02 Å². The van der Waals surface area contributed by atoms with Crippen LogP contribution in [-0.2, 0) is 4.79 Å². The summed E-state index contributed by atoms with van der Waals surface area (Å²) >= 11 is 6.26. The molecule has 0 radical (unpaired) electrons. The molecule has 23 heavy (non-hydrogen) atoms. The van der Waals surface area contributed by atoms with E-state index in [1.807, 2.05) is 36.2 Å². The number of halogens is 1. The Hall–Kier alpha value is -1.14. The molecular formula is C17H25ClN4O. The minimum absolute atomic E-state index is 0.0792. The maximum absolute atomic E-state index is 12.8. The number of benzene rings is 1. The van der Waals surface area contributed by atoms with Gasteiger partial charge >= 0.3 is 0 Å². The fourth-order valence-corrected chi connectivity index (χ4v) is 3.89. The lowest BCUT2D eigenvalue weighted by Crippen LogP contribution is -2.50. The molecule has 1 amide bonds. The average molecular weight is 337 g/mol. The van der Waals surface area contributed by atoms with Gasteiger partial charge in [0.05, 0.1) is 0 Å². The molecule has 1 aromatic rings. The van der Waals surface area contributed by atoms with Crippen LogP contribution < -0.4 is 16.2 Å². The smallest absolute Gasteiger partial charge is 0.241 e. The molecule has 1 aromatic carbocycles. The van der Waals surface area contributed by atoms with Crippen molar-refractivity contribution in [2.24, 2.45) is 5.92 Å². The molecule has 3 unspecified atom stereocenters. The molecule has 2 aliphatic heterocycles. The number of nitrogens with one attached hydrogen (secondary N) is 3. The topological polar surface area (TPSA) is 56.4 Å². The molecule has 2 fully saturated rings. The van der Waals surface area contributed by atoms with Gasteiger partial charge in [0.25, 0.3) is 0 Å². The number of hydrazine groups is 1. The second kappa shape index (κ2) is 7.62. The van der Waals surface area contributed by atoms with E-state index in [0.29, 0.717) is 5.92 Å². The minimum atomic E-state index is -0.176. The molecule has 0 bridgehead atoms. The average Bonchev–Trinajstić information content (AvgIpc) is 3.05. The van der Waals surface area contributed by atoms with Crippen LogP contribution in [0.3, 0.4) is 0 Å². The lowest BCUT2D eigenvalue weighted by Gasteiger charge is -2.34. The van der Waals surface area contributed by atoms with E-state index in [9.17, 15) is 4.79 Å². The van der Waals surface area contributed by atoms with Crippen molar-refractivity contribution in [1.29, 1.82) is 0 Å². The van der Waals surface area contributed by atoms with Crippen molar-refractivity contribution in [2.45, 2.75) is 31.3 Å². The number of likely N-dealkylation sites (tertiary alicyclic amines) is 1. The molecule has 0 aromatic heterocycles. The van der Waals surface area contributed by atoms with Crippen molar-refractivity contribution in [3.05, 3.63) is 34.9 Å². The summed E-state index contributed by atoms with van der Waals surface area (Å²) in [5.41, 5.74) is 7.43. The number of hydrogen-bond acceptors (Lipinski definition) is 4. The second-order valence-corrected chi connectivity index (χ2v) is 6.91. The van der Waals surface area contributed by atoms with Gasteiger partial charge in [-0.05, 0) is 50.4 Å². The molecule has 126 valence electrons. The van der Waals surface area contributed by atoms with Gasteiger partial charge in [-0.3, -0.25) is 4.79 Å². The van der Waals surface area contributed by atoms with Crippen LogP contribution in [0.15, 0.2) is 24.3 Å². The fraction of sp³-hybridized carbons (Fsp3) is 0.588. The third-order valence-electron chi connectivity index (χ3n) is 4.81. The Morgan fingerprint density at radius 1 is 1.39 bits per heavy atom. The molecule has 2 heterocycles. The van der Waals surface area contributed by atoms with Crippen molar-refractivity contribution < 1.29 is 4.79 Å². The van der Waals surface area contributed by atoms with E-state index in [1.165, 1.54) is 6.42 Å². The summed E-state index contributed by atoms with van der Waals surface area (Å²) in [6.07, 6.45) is 3.02. The highest BCUT2D eigenvalue weighted by Gasteiger charge is 2.35. The summed E-state index contributed by atoms with van der Waals surface area (Å²) in [5.74, 6) is 0.763. The Bertz CT molecular complexity index is 551. The van der Waals surface area contributed by atoms with Gasteiger partial charge in [-0.2, -0.15) is 0 Å². The van der Waals surface area contributed by atoms with Crippen molar-refractivity contribution in [3.8, 4) is 0 Å². The van der Waals surface area contributed by atoms with Crippen LogP contribution in [-0.4, -0.2) is 43.5 Å². The Morgan fingerprint density at radius 3 is 3.00 bits per heavy atom. The summed E-state index contributed by atoms with van der Waals surface area (Å²) in [7, 11) is 1.97. The first-order valence-electron chi connectivity index (χ1n) is 8.38. The highest BCUT2D eigenvalue weighted by Crippen LogP contribution is 2.29. The van der Waals surface area contributed by atoms with Crippen molar-refractivity contribution in [2.75, 3.05) is 26.7 Å². The monoisotopic (exact) mass is 336 g/mol. The van der Waals surface area contributed by atoms with E-state index < -0.39 is 0 Å². The van der Waals surface area contributed by atoms with Crippen LogP contribution in [0.4, 0.5) is 0 Å². The highest BCUT2D eigenvalue weighted by molar-refractivity contribution is 6.31. The van der Waals surface area contributed by atoms with E-state index in [-0.39, 0.29) is 18.0 Å². The number of piperidine rings is 1. The SMILES string of the molecule is CNCC1CCCN(C(=O)C2CC(c3ccccc3Cl)NN2)C1. The van der Waals surface area contributed by atoms with Crippen LogP contribution in [0.25, 0.3) is 0 Å². The third-order valence-corrected chi connectivity index (χ3v) is 5.15. The molecule has 3 rings (SSSR count). The lowest BCUT2D eigenvalue weighted by molar-refractivity contribution is -0.135. The number of carbonyl (C=O) groups is 1. The Labute approximate surface area is 142 Å². The van der Waals surface area contributed by atoms with Gasteiger partial charge in [-0.15, -0.1) is 0 Å². The largest absolute Gasteiger partial charge is 0.341 e. The van der Waals surface area contributed by atoms with Crippen LogP contribution in [0, 0.1) is 5.92 Å². The third kappa shape index (κ3) is 3.86. The number of nitrogens with zero attached hydrogens (tertiary/aromatic N) is 1. The zero-order chi connectivity index (χ0) is 16.2. The second-order valence-electron chi connectivity index (χ2n) is 6.50. The van der Waals surface area contributed by atoms with Gasteiger partial charge in [0.1, 0.15) is 6.04 Å². The van der Waals surface area contributed by atoms with Crippen LogP contribution >= 0.6 is 11.6 Å². The van der Waals surface area contributed by atoms with Gasteiger partial charge in [0.15, 0.2) is 0 Å². The maximum Gasteiger partial charge on any atom is 0.241 e. The van der Waals surface area contributed by atoms with Gasteiger partial charge in [0.2, 0.25) is 5.91 Å². The van der Waals surface area contributed by atoms with Crippen molar-refractivity contribution >= 4 is 17.5 Å². The zero-order valence-electron chi connectivity index (χ0n) is 13.5. The van der Waals surface area contributed by atoms with Crippen molar-refractivity contribution in [1.82, 2.24) is 21.1 Å². The highest BCUT2D eigenvalue weighted by atomic mass is 35.5. The van der Waals surface area contributed by atoms with Gasteiger partial charge < -0.3 is 10.2 Å². The molecule has 3 atom stereocenters. The normalized spacial score (nSPS) is 28.1. The van der Waals surface area contributed by atoms with Gasteiger partial charge in [-0.1, -0.05) is 29.8 Å². The van der Waals surface area contributed by atoms with E-state index >= 15 is 0 Å². The zero-order valence-corrected chi connectivity index (χ0v) is 14.3.